The van der Waals surface area contributed by atoms with Crippen molar-refractivity contribution >= 4 is 33.7 Å². The van der Waals surface area contributed by atoms with Crippen LogP contribution in [-0.4, -0.2) is 26.2 Å². The molecule has 0 aromatic heterocycles. The third-order valence-corrected chi connectivity index (χ3v) is 3.98. The highest BCUT2D eigenvalue weighted by atomic mass is 79.9. The molecule has 1 amide bonds. The Hall–Kier alpha value is -2.14. The second-order valence-corrected chi connectivity index (χ2v) is 6.42. The maximum Gasteiger partial charge on any atom is 0.244 e. The van der Waals surface area contributed by atoms with Crippen molar-refractivity contribution in [2.75, 3.05) is 19.0 Å². The van der Waals surface area contributed by atoms with E-state index in [0.717, 1.165) is 21.3 Å². The van der Waals surface area contributed by atoms with Gasteiger partial charge in [-0.25, -0.2) is 5.43 Å². The predicted molar refractivity (Wildman–Crippen MR) is 99.1 cm³/mol. The summed E-state index contributed by atoms with van der Waals surface area (Å²) >= 11 is 3.53. The van der Waals surface area contributed by atoms with E-state index in [1.165, 1.54) is 5.56 Å². The number of carbonyl (C=O) groups is 1. The molecular formula is C18H20BrN3O. The van der Waals surface area contributed by atoms with Crippen LogP contribution in [0.2, 0.25) is 0 Å². The van der Waals surface area contributed by atoms with E-state index in [-0.39, 0.29) is 5.91 Å². The van der Waals surface area contributed by atoms with E-state index in [0.29, 0.717) is 6.42 Å². The van der Waals surface area contributed by atoms with Crippen LogP contribution in [0.3, 0.4) is 0 Å². The molecule has 0 aliphatic carbocycles. The van der Waals surface area contributed by atoms with Gasteiger partial charge < -0.3 is 4.90 Å². The van der Waals surface area contributed by atoms with Crippen molar-refractivity contribution < 1.29 is 4.79 Å². The standard InChI is InChI=1S/C18H20BrN3O/c1-13-4-6-14(7-5-13)11-18(23)21-20-12-15-8-9-17(22(2)3)16(19)10-15/h4-10,12H,11H2,1-3H3,(H,21,23)/b20-12+. The summed E-state index contributed by atoms with van der Waals surface area (Å²) in [6.45, 7) is 2.02. The number of hydrogen-bond donors (Lipinski definition) is 1. The molecule has 0 aliphatic rings. The molecule has 0 spiro atoms. The van der Waals surface area contributed by atoms with Crippen molar-refractivity contribution in [2.45, 2.75) is 13.3 Å². The first-order chi connectivity index (χ1) is 11.0. The van der Waals surface area contributed by atoms with Gasteiger partial charge in [0.1, 0.15) is 0 Å². The zero-order valence-corrected chi connectivity index (χ0v) is 15.1. The molecule has 0 saturated heterocycles. The molecular weight excluding hydrogens is 354 g/mol. The maximum atomic E-state index is 11.9. The second-order valence-electron chi connectivity index (χ2n) is 5.56. The van der Waals surface area contributed by atoms with Crippen molar-refractivity contribution in [3.63, 3.8) is 0 Å². The Bertz CT molecular complexity index is 709. The van der Waals surface area contributed by atoms with Crippen LogP contribution < -0.4 is 10.3 Å². The van der Waals surface area contributed by atoms with Gasteiger partial charge in [0.25, 0.3) is 0 Å². The number of amides is 1. The lowest BCUT2D eigenvalue weighted by Crippen LogP contribution is -2.19. The van der Waals surface area contributed by atoms with Gasteiger partial charge in [-0.1, -0.05) is 35.9 Å². The lowest BCUT2D eigenvalue weighted by molar-refractivity contribution is -0.120. The number of hydrazone groups is 1. The Labute approximate surface area is 145 Å². The molecule has 0 saturated carbocycles. The van der Waals surface area contributed by atoms with Gasteiger partial charge in [-0.05, 0) is 46.1 Å². The number of nitrogens with zero attached hydrogens (tertiary/aromatic N) is 2. The molecule has 2 rings (SSSR count). The van der Waals surface area contributed by atoms with Crippen LogP contribution in [0.25, 0.3) is 0 Å². The lowest BCUT2D eigenvalue weighted by atomic mass is 10.1. The van der Waals surface area contributed by atoms with Gasteiger partial charge in [0.05, 0.1) is 18.3 Å². The van der Waals surface area contributed by atoms with Crippen molar-refractivity contribution in [3.05, 3.63) is 63.6 Å². The molecule has 0 atom stereocenters. The molecule has 1 N–H and O–H groups in total. The zero-order chi connectivity index (χ0) is 16.8. The van der Waals surface area contributed by atoms with Crippen LogP contribution in [0.1, 0.15) is 16.7 Å². The first-order valence-corrected chi connectivity index (χ1v) is 8.09. The van der Waals surface area contributed by atoms with E-state index in [2.05, 4.69) is 26.5 Å². The monoisotopic (exact) mass is 373 g/mol. The minimum Gasteiger partial charge on any atom is -0.377 e. The summed E-state index contributed by atoms with van der Waals surface area (Å²) in [7, 11) is 3.97. The molecule has 2 aromatic carbocycles. The SMILES string of the molecule is Cc1ccc(CC(=O)N/N=C/c2ccc(N(C)C)c(Br)c2)cc1. The van der Waals surface area contributed by atoms with Crippen LogP contribution in [0, 0.1) is 6.92 Å². The third-order valence-electron chi connectivity index (χ3n) is 3.34. The number of aryl methyl sites for hydroxylation is 1. The molecule has 0 fully saturated rings. The van der Waals surface area contributed by atoms with Crippen molar-refractivity contribution in [1.82, 2.24) is 5.43 Å². The van der Waals surface area contributed by atoms with Gasteiger partial charge >= 0.3 is 0 Å². The van der Waals surface area contributed by atoms with Gasteiger partial charge in [0, 0.05) is 18.6 Å². The van der Waals surface area contributed by atoms with Gasteiger partial charge in [-0.15, -0.1) is 0 Å². The number of nitrogens with one attached hydrogen (secondary N) is 1. The maximum absolute atomic E-state index is 11.9. The lowest BCUT2D eigenvalue weighted by Gasteiger charge is -2.14. The van der Waals surface area contributed by atoms with Crippen LogP contribution in [0.15, 0.2) is 52.0 Å². The Morgan fingerprint density at radius 3 is 2.52 bits per heavy atom. The summed E-state index contributed by atoms with van der Waals surface area (Å²) in [5, 5.41) is 4.01. The average Bonchev–Trinajstić information content (AvgIpc) is 2.49. The summed E-state index contributed by atoms with van der Waals surface area (Å²) in [5.41, 5.74) is 6.71. The summed E-state index contributed by atoms with van der Waals surface area (Å²) in [6, 6.07) is 13.8. The van der Waals surface area contributed by atoms with E-state index in [4.69, 9.17) is 0 Å². The molecule has 0 bridgehead atoms. The largest absolute Gasteiger partial charge is 0.377 e. The Kier molecular flexibility index (Phi) is 5.93. The zero-order valence-electron chi connectivity index (χ0n) is 13.5. The highest BCUT2D eigenvalue weighted by Crippen LogP contribution is 2.25. The van der Waals surface area contributed by atoms with Crippen LogP contribution in [0.5, 0.6) is 0 Å². The number of benzene rings is 2. The van der Waals surface area contributed by atoms with E-state index < -0.39 is 0 Å². The highest BCUT2D eigenvalue weighted by Gasteiger charge is 2.03. The van der Waals surface area contributed by atoms with Crippen LogP contribution in [0.4, 0.5) is 5.69 Å². The first-order valence-electron chi connectivity index (χ1n) is 7.30. The minimum atomic E-state index is -0.130. The molecule has 0 aliphatic heterocycles. The van der Waals surface area contributed by atoms with E-state index >= 15 is 0 Å². The summed E-state index contributed by atoms with van der Waals surface area (Å²) in [6.07, 6.45) is 1.96. The molecule has 0 heterocycles. The van der Waals surface area contributed by atoms with Gasteiger partial charge in [-0.2, -0.15) is 5.10 Å². The van der Waals surface area contributed by atoms with E-state index in [1.54, 1.807) is 6.21 Å². The number of hydrogen-bond acceptors (Lipinski definition) is 3. The number of rotatable bonds is 5. The van der Waals surface area contributed by atoms with Gasteiger partial charge in [0.15, 0.2) is 0 Å². The predicted octanol–water partition coefficient (Wildman–Crippen LogP) is 3.52. The number of halogens is 1. The summed E-state index contributed by atoms with van der Waals surface area (Å²) < 4.78 is 0.984. The van der Waals surface area contributed by atoms with Crippen LogP contribution >= 0.6 is 15.9 Å². The highest BCUT2D eigenvalue weighted by molar-refractivity contribution is 9.10. The van der Waals surface area contributed by atoms with Gasteiger partial charge in [-0.3, -0.25) is 4.79 Å². The molecule has 23 heavy (non-hydrogen) atoms. The fourth-order valence-electron chi connectivity index (χ4n) is 2.08. The minimum absolute atomic E-state index is 0.130. The molecule has 0 radical (unpaired) electrons. The molecule has 2 aromatic rings. The Morgan fingerprint density at radius 2 is 1.91 bits per heavy atom. The normalized spacial score (nSPS) is 10.8. The fourth-order valence-corrected chi connectivity index (χ4v) is 2.83. The van der Waals surface area contributed by atoms with Crippen molar-refractivity contribution in [1.29, 1.82) is 0 Å². The molecule has 0 unspecified atom stereocenters. The second kappa shape index (κ2) is 7.92. The number of anilines is 1. The van der Waals surface area contributed by atoms with Crippen molar-refractivity contribution in [2.24, 2.45) is 5.10 Å². The van der Waals surface area contributed by atoms with E-state index in [1.807, 2.05) is 68.4 Å². The molecule has 4 nitrogen and oxygen atoms in total. The smallest absolute Gasteiger partial charge is 0.244 e. The van der Waals surface area contributed by atoms with Crippen LogP contribution in [-0.2, 0) is 11.2 Å². The quantitative estimate of drug-likeness (QED) is 0.643. The topological polar surface area (TPSA) is 44.7 Å². The average molecular weight is 374 g/mol. The first kappa shape index (κ1) is 17.2. The Balaban J connectivity index is 1.92. The Morgan fingerprint density at radius 1 is 1.22 bits per heavy atom. The van der Waals surface area contributed by atoms with Gasteiger partial charge in [0.2, 0.25) is 5.91 Å². The number of carbonyl (C=O) groups excluding carboxylic acids is 1. The fraction of sp³-hybridized carbons (Fsp3) is 0.222. The third kappa shape index (κ3) is 5.21. The molecule has 120 valence electrons. The van der Waals surface area contributed by atoms with Crippen molar-refractivity contribution in [3.8, 4) is 0 Å². The molecule has 5 heteroatoms. The summed E-state index contributed by atoms with van der Waals surface area (Å²) in [5.74, 6) is -0.130. The van der Waals surface area contributed by atoms with E-state index in [9.17, 15) is 4.79 Å². The summed E-state index contributed by atoms with van der Waals surface area (Å²) in [4.78, 5) is 13.9.